The molecule has 12 N–H and O–H groups in total. The summed E-state index contributed by atoms with van der Waals surface area (Å²) in [6.07, 6.45) is -24.8. The zero-order valence-electron chi connectivity index (χ0n) is 20.2. The molecule has 38 heavy (non-hydrogen) atoms. The Morgan fingerprint density at radius 1 is 0.605 bits per heavy atom. The normalized spacial score (nSPS) is 50.2. The van der Waals surface area contributed by atoms with Crippen LogP contribution in [0.2, 0.25) is 0 Å². The van der Waals surface area contributed by atoms with E-state index < -0.39 is 118 Å². The van der Waals surface area contributed by atoms with Gasteiger partial charge >= 0.3 is 0 Å². The van der Waals surface area contributed by atoms with E-state index in [1.165, 1.54) is 0 Å². The van der Waals surface area contributed by atoms with Crippen molar-refractivity contribution in [2.24, 2.45) is 0 Å². The van der Waals surface area contributed by atoms with Gasteiger partial charge in [0.25, 0.3) is 0 Å². The summed E-state index contributed by atoms with van der Waals surface area (Å²) in [4.78, 5) is 0. The lowest BCUT2D eigenvalue weighted by Gasteiger charge is -2.52. The summed E-state index contributed by atoms with van der Waals surface area (Å²) in [6, 6.07) is 0. The van der Waals surface area contributed by atoms with Gasteiger partial charge in [-0.25, -0.2) is 0 Å². The zero-order chi connectivity index (χ0) is 28.4. The van der Waals surface area contributed by atoms with Gasteiger partial charge in [0, 0.05) is 13.0 Å². The van der Waals surface area contributed by atoms with E-state index in [2.05, 4.69) is 0 Å². The minimum Gasteiger partial charge on any atom is -0.396 e. The van der Waals surface area contributed by atoms with Gasteiger partial charge in [0.1, 0.15) is 73.2 Å². The average Bonchev–Trinajstić information content (AvgIpc) is 2.91. The molecule has 3 heterocycles. The quantitative estimate of drug-likeness (QED) is 0.118. The molecular weight excluding hydrogens is 524 g/mol. The van der Waals surface area contributed by atoms with Gasteiger partial charge in [0.15, 0.2) is 18.4 Å². The largest absolute Gasteiger partial charge is 0.396 e. The van der Waals surface area contributed by atoms with Crippen LogP contribution in [0.1, 0.15) is 12.8 Å². The van der Waals surface area contributed by atoms with Crippen molar-refractivity contribution >= 4 is 0 Å². The molecule has 0 aromatic carbocycles. The van der Waals surface area contributed by atoms with E-state index in [0.717, 1.165) is 0 Å². The molecular formula is C21H38O17. The van der Waals surface area contributed by atoms with Crippen molar-refractivity contribution in [1.29, 1.82) is 0 Å². The Labute approximate surface area is 216 Å². The van der Waals surface area contributed by atoms with Crippen LogP contribution in [0.3, 0.4) is 0 Å². The third-order valence-electron chi connectivity index (χ3n) is 7.01. The topological polar surface area (TPSA) is 289 Å². The molecule has 3 aliphatic rings. The smallest absolute Gasteiger partial charge is 0.198 e. The Morgan fingerprint density at radius 2 is 1.18 bits per heavy atom. The lowest BCUT2D eigenvalue weighted by Crippen LogP contribution is -2.70. The first-order chi connectivity index (χ1) is 18.0. The monoisotopic (exact) mass is 562 g/mol. The SMILES string of the molecule is OCCCC1(O[C@H]2[C@H](O)[C@@H](O)C(O[C@H]3[C@H](O)[C@@H](O)[C@@H](O)O[C@@H]3CO)O[C@@H]2CO)O[C@H](CO)[C@@H](O)[C@H](O)[C@H]1O. The second kappa shape index (κ2) is 13.3. The third kappa shape index (κ3) is 6.14. The van der Waals surface area contributed by atoms with Gasteiger partial charge in [-0.05, 0) is 6.42 Å². The summed E-state index contributed by atoms with van der Waals surface area (Å²) < 4.78 is 27.3. The van der Waals surface area contributed by atoms with E-state index in [1.807, 2.05) is 0 Å². The number of hydrogen-bond donors (Lipinski definition) is 12. The highest BCUT2D eigenvalue weighted by molar-refractivity contribution is 5.00. The maximum atomic E-state index is 10.9. The van der Waals surface area contributed by atoms with Gasteiger partial charge in [-0.15, -0.1) is 0 Å². The summed E-state index contributed by atoms with van der Waals surface area (Å²) in [5.74, 6) is -2.25. The molecule has 15 atom stereocenters. The molecule has 0 radical (unpaired) electrons. The first kappa shape index (κ1) is 31.8. The van der Waals surface area contributed by atoms with Crippen LogP contribution in [0, 0.1) is 0 Å². The number of aliphatic hydroxyl groups excluding tert-OH is 12. The van der Waals surface area contributed by atoms with Crippen molar-refractivity contribution in [1.82, 2.24) is 0 Å². The highest BCUT2D eigenvalue weighted by Crippen LogP contribution is 2.39. The van der Waals surface area contributed by atoms with Gasteiger partial charge in [0.2, 0.25) is 0 Å². The predicted octanol–water partition coefficient (Wildman–Crippen LogP) is -7.43. The maximum absolute atomic E-state index is 10.9. The van der Waals surface area contributed by atoms with E-state index >= 15 is 0 Å². The van der Waals surface area contributed by atoms with Crippen LogP contribution >= 0.6 is 0 Å². The second-order valence-corrected chi connectivity index (χ2v) is 9.52. The summed E-state index contributed by atoms with van der Waals surface area (Å²) in [6.45, 7) is -2.88. The molecule has 0 bridgehead atoms. The zero-order valence-corrected chi connectivity index (χ0v) is 20.2. The van der Waals surface area contributed by atoms with Gasteiger partial charge in [0.05, 0.1) is 19.8 Å². The van der Waals surface area contributed by atoms with Crippen LogP contribution in [0.4, 0.5) is 0 Å². The molecule has 0 aromatic heterocycles. The van der Waals surface area contributed by atoms with Gasteiger partial charge in [-0.3, -0.25) is 0 Å². The Morgan fingerprint density at radius 3 is 1.76 bits per heavy atom. The Bertz CT molecular complexity index is 726. The maximum Gasteiger partial charge on any atom is 0.198 e. The van der Waals surface area contributed by atoms with E-state index in [0.29, 0.717) is 0 Å². The summed E-state index contributed by atoms with van der Waals surface area (Å²) in [5.41, 5.74) is 0. The van der Waals surface area contributed by atoms with Crippen molar-refractivity contribution in [3.8, 4) is 0 Å². The lowest BCUT2D eigenvalue weighted by molar-refractivity contribution is -0.411. The molecule has 0 aromatic rings. The number of aliphatic hydroxyl groups is 12. The van der Waals surface area contributed by atoms with Crippen LogP contribution in [0.15, 0.2) is 0 Å². The minimum atomic E-state index is -2.25. The molecule has 0 saturated carbocycles. The Kier molecular flexibility index (Phi) is 11.2. The van der Waals surface area contributed by atoms with Gasteiger partial charge in [-0.2, -0.15) is 0 Å². The highest BCUT2D eigenvalue weighted by atomic mass is 16.8. The van der Waals surface area contributed by atoms with Crippen LogP contribution in [-0.2, 0) is 23.7 Å². The van der Waals surface area contributed by atoms with E-state index in [9.17, 15) is 61.3 Å². The van der Waals surface area contributed by atoms with E-state index in [-0.39, 0.29) is 12.8 Å². The fraction of sp³-hybridized carbons (Fsp3) is 1.00. The first-order valence-electron chi connectivity index (χ1n) is 12.2. The van der Waals surface area contributed by atoms with Crippen molar-refractivity contribution < 1.29 is 85.0 Å². The fourth-order valence-electron chi connectivity index (χ4n) is 4.83. The van der Waals surface area contributed by atoms with Crippen LogP contribution in [0.25, 0.3) is 0 Å². The second-order valence-electron chi connectivity index (χ2n) is 9.52. The standard InChI is InChI=1S/C21H38O17/c22-3-1-2-21(18(32)13(29)10(26)7(4-23)37-21)38-17-9(6-25)35-20(15(31)12(17)28)36-16-8(5-24)34-19(33)14(30)11(16)27/h7-20,22-33H,1-6H2/t7-,8-,9-,10-,11-,12-,13+,14-,15-,16-,17-,18-,19+,20?,21?/m1/s1. The summed E-state index contributed by atoms with van der Waals surface area (Å²) in [5, 5.41) is 121. The summed E-state index contributed by atoms with van der Waals surface area (Å²) in [7, 11) is 0. The van der Waals surface area contributed by atoms with Gasteiger partial charge in [-0.1, -0.05) is 0 Å². The Balaban J connectivity index is 1.83. The first-order valence-corrected chi connectivity index (χ1v) is 12.2. The van der Waals surface area contributed by atoms with Crippen molar-refractivity contribution in [3.05, 3.63) is 0 Å². The third-order valence-corrected chi connectivity index (χ3v) is 7.01. The van der Waals surface area contributed by atoms with E-state index in [4.69, 9.17) is 23.7 Å². The van der Waals surface area contributed by atoms with Gasteiger partial charge < -0.3 is 85.0 Å². The molecule has 0 amide bonds. The molecule has 2 unspecified atom stereocenters. The minimum absolute atomic E-state index is 0.0733. The molecule has 17 heteroatoms. The molecule has 3 fully saturated rings. The molecule has 0 spiro atoms. The molecule has 17 nitrogen and oxygen atoms in total. The number of rotatable bonds is 10. The molecule has 224 valence electrons. The average molecular weight is 563 g/mol. The van der Waals surface area contributed by atoms with Crippen molar-refractivity contribution in [2.45, 2.75) is 104 Å². The van der Waals surface area contributed by atoms with Crippen molar-refractivity contribution in [2.75, 3.05) is 26.4 Å². The highest BCUT2D eigenvalue weighted by Gasteiger charge is 2.58. The van der Waals surface area contributed by atoms with Crippen LogP contribution in [-0.4, -0.2) is 179 Å². The van der Waals surface area contributed by atoms with Crippen LogP contribution < -0.4 is 0 Å². The molecule has 3 aliphatic heterocycles. The van der Waals surface area contributed by atoms with E-state index in [1.54, 1.807) is 0 Å². The Hall–Kier alpha value is -0.680. The summed E-state index contributed by atoms with van der Waals surface area (Å²) >= 11 is 0. The molecule has 0 aliphatic carbocycles. The number of ether oxygens (including phenoxy) is 5. The van der Waals surface area contributed by atoms with Crippen LogP contribution in [0.5, 0.6) is 0 Å². The predicted molar refractivity (Wildman–Crippen MR) is 117 cm³/mol. The molecule has 3 rings (SSSR count). The fourth-order valence-corrected chi connectivity index (χ4v) is 4.83. The lowest BCUT2D eigenvalue weighted by atomic mass is 9.88. The van der Waals surface area contributed by atoms with Crippen molar-refractivity contribution in [3.63, 3.8) is 0 Å². The molecule has 3 saturated heterocycles. The number of hydrogen-bond acceptors (Lipinski definition) is 17.